The van der Waals surface area contributed by atoms with E-state index in [4.69, 9.17) is 0 Å². The number of hydrogen-bond acceptors (Lipinski definition) is 6. The molecule has 2 aliphatic heterocycles. The van der Waals surface area contributed by atoms with Crippen LogP contribution in [-0.4, -0.2) is 67.9 Å². The molecule has 2 aromatic heterocycles. The van der Waals surface area contributed by atoms with Crippen molar-refractivity contribution in [3.63, 3.8) is 0 Å². The van der Waals surface area contributed by atoms with E-state index in [1.165, 1.54) is 15.9 Å². The third-order valence-electron chi connectivity index (χ3n) is 5.50. The second-order valence-corrected chi connectivity index (χ2v) is 7.41. The summed E-state index contributed by atoms with van der Waals surface area (Å²) >= 11 is 0. The highest BCUT2D eigenvalue weighted by atomic mass is 19.3. The van der Waals surface area contributed by atoms with Crippen LogP contribution in [0.25, 0.3) is 0 Å². The zero-order valence-corrected chi connectivity index (χ0v) is 15.3. The highest BCUT2D eigenvalue weighted by molar-refractivity contribution is 5.90. The lowest BCUT2D eigenvalue weighted by Crippen LogP contribution is -2.58. The third kappa shape index (κ3) is 3.02. The third-order valence-corrected chi connectivity index (χ3v) is 5.50. The van der Waals surface area contributed by atoms with Gasteiger partial charge in [0.2, 0.25) is 5.82 Å². The van der Waals surface area contributed by atoms with Crippen molar-refractivity contribution in [1.29, 1.82) is 0 Å². The van der Waals surface area contributed by atoms with Crippen LogP contribution in [0.4, 0.5) is 14.6 Å². The molecular formula is C17H21F2N7O. The number of rotatable bonds is 2. The molecule has 0 N–H and O–H groups in total. The van der Waals surface area contributed by atoms with Crippen molar-refractivity contribution in [2.75, 3.05) is 31.1 Å². The van der Waals surface area contributed by atoms with E-state index in [9.17, 15) is 13.6 Å². The summed E-state index contributed by atoms with van der Waals surface area (Å²) in [7, 11) is 1.66. The van der Waals surface area contributed by atoms with Crippen molar-refractivity contribution in [2.45, 2.75) is 25.7 Å². The molecule has 1 atom stereocenters. The number of nitrogens with zero attached hydrogens (tertiary/aromatic N) is 7. The van der Waals surface area contributed by atoms with Crippen LogP contribution >= 0.6 is 0 Å². The van der Waals surface area contributed by atoms with Crippen LogP contribution in [0.2, 0.25) is 0 Å². The molecule has 0 saturated carbocycles. The topological polar surface area (TPSA) is 80.0 Å². The van der Waals surface area contributed by atoms with E-state index in [2.05, 4.69) is 20.3 Å². The summed E-state index contributed by atoms with van der Waals surface area (Å²) in [6.07, 6.45) is 1.35. The van der Waals surface area contributed by atoms with E-state index < -0.39 is 17.2 Å². The van der Waals surface area contributed by atoms with E-state index in [1.54, 1.807) is 13.1 Å². The molecule has 8 nitrogen and oxygen atoms in total. The first-order valence-corrected chi connectivity index (χ1v) is 8.88. The fraction of sp³-hybridized carbons (Fsp3) is 0.588. The van der Waals surface area contributed by atoms with Crippen LogP contribution in [0, 0.1) is 12.3 Å². The van der Waals surface area contributed by atoms with Gasteiger partial charge in [-0.3, -0.25) is 9.48 Å². The minimum absolute atomic E-state index is 0.00379. The lowest BCUT2D eigenvalue weighted by Gasteiger charge is -2.45. The van der Waals surface area contributed by atoms with E-state index in [0.717, 1.165) is 5.69 Å². The van der Waals surface area contributed by atoms with Crippen LogP contribution in [-0.2, 0) is 7.05 Å². The Hall–Kier alpha value is -2.65. The van der Waals surface area contributed by atoms with Gasteiger partial charge in [0.1, 0.15) is 6.33 Å². The van der Waals surface area contributed by atoms with Gasteiger partial charge in [-0.15, -0.1) is 10.2 Å². The van der Waals surface area contributed by atoms with Crippen LogP contribution in [0.5, 0.6) is 0 Å². The molecule has 2 saturated heterocycles. The second-order valence-electron chi connectivity index (χ2n) is 7.41. The Morgan fingerprint density at radius 2 is 1.96 bits per heavy atom. The average Bonchev–Trinajstić information content (AvgIpc) is 3.25. The second kappa shape index (κ2) is 6.21. The average molecular weight is 377 g/mol. The van der Waals surface area contributed by atoms with Crippen molar-refractivity contribution in [3.05, 3.63) is 30.0 Å². The fourth-order valence-corrected chi connectivity index (χ4v) is 3.91. The van der Waals surface area contributed by atoms with Gasteiger partial charge in [0.05, 0.1) is 11.1 Å². The number of amides is 1. The van der Waals surface area contributed by atoms with Crippen LogP contribution in [0.1, 0.15) is 29.2 Å². The molecule has 144 valence electrons. The molecule has 2 aliphatic rings. The molecule has 0 radical (unpaired) electrons. The number of likely N-dealkylation sites (tertiary alicyclic amines) is 1. The predicted octanol–water partition coefficient (Wildman–Crippen LogP) is 1.29. The van der Waals surface area contributed by atoms with Crippen molar-refractivity contribution >= 4 is 11.7 Å². The monoisotopic (exact) mass is 377 g/mol. The maximum absolute atomic E-state index is 14.9. The van der Waals surface area contributed by atoms with Crippen molar-refractivity contribution < 1.29 is 13.6 Å². The Balaban J connectivity index is 1.56. The van der Waals surface area contributed by atoms with Crippen molar-refractivity contribution in [2.24, 2.45) is 12.5 Å². The van der Waals surface area contributed by atoms with E-state index >= 15 is 0 Å². The molecule has 1 amide bonds. The number of anilines is 1. The lowest BCUT2D eigenvalue weighted by atomic mass is 9.75. The Bertz CT molecular complexity index is 853. The summed E-state index contributed by atoms with van der Waals surface area (Å²) in [5.41, 5.74) is -0.530. The molecule has 4 heterocycles. The van der Waals surface area contributed by atoms with Gasteiger partial charge in [0, 0.05) is 39.6 Å². The van der Waals surface area contributed by atoms with Crippen molar-refractivity contribution in [1.82, 2.24) is 29.9 Å². The first-order valence-electron chi connectivity index (χ1n) is 8.88. The molecule has 1 spiro atoms. The number of carbonyl (C=O) groups is 1. The van der Waals surface area contributed by atoms with E-state index in [0.29, 0.717) is 12.4 Å². The number of halogens is 2. The molecule has 27 heavy (non-hydrogen) atoms. The normalized spacial score (nSPS) is 24.6. The van der Waals surface area contributed by atoms with E-state index in [1.807, 2.05) is 17.9 Å². The Labute approximate surface area is 155 Å². The zero-order valence-electron chi connectivity index (χ0n) is 15.3. The maximum atomic E-state index is 14.9. The van der Waals surface area contributed by atoms with Gasteiger partial charge in [-0.25, -0.2) is 13.8 Å². The number of aromatic nitrogens is 5. The summed E-state index contributed by atoms with van der Waals surface area (Å²) in [6.45, 7) is 2.39. The molecular weight excluding hydrogens is 356 g/mol. The van der Waals surface area contributed by atoms with Gasteiger partial charge >= 0.3 is 0 Å². The van der Waals surface area contributed by atoms with Crippen LogP contribution < -0.4 is 4.90 Å². The van der Waals surface area contributed by atoms with Gasteiger partial charge in [0.15, 0.2) is 5.82 Å². The van der Waals surface area contributed by atoms with Crippen LogP contribution in [0.15, 0.2) is 18.5 Å². The minimum Gasteiger partial charge on any atom is -0.354 e. The Kier molecular flexibility index (Phi) is 4.08. The number of hydrogen-bond donors (Lipinski definition) is 0. The molecule has 10 heteroatoms. The Morgan fingerprint density at radius 3 is 2.63 bits per heavy atom. The van der Waals surface area contributed by atoms with Gasteiger partial charge in [-0.05, 0) is 25.5 Å². The maximum Gasteiger partial charge on any atom is 0.293 e. The standard InChI is InChI=1S/C17H21F2N7O/c1-12-3-4-13(22-21-12)25-7-5-16(9-25)10-26(8-6-17(16,18)19)15(27)14-20-11-24(2)23-14/h3-4,11H,5-10H2,1-2H3. The molecule has 4 rings (SSSR count). The lowest BCUT2D eigenvalue weighted by molar-refractivity contribution is -0.150. The minimum atomic E-state index is -2.85. The molecule has 0 aromatic carbocycles. The number of piperidine rings is 1. The van der Waals surface area contributed by atoms with Gasteiger partial charge < -0.3 is 9.80 Å². The first kappa shape index (κ1) is 17.7. The largest absolute Gasteiger partial charge is 0.354 e. The Morgan fingerprint density at radius 1 is 1.15 bits per heavy atom. The highest BCUT2D eigenvalue weighted by Gasteiger charge is 2.60. The smallest absolute Gasteiger partial charge is 0.293 e. The first-order chi connectivity index (χ1) is 12.8. The number of carbonyl (C=O) groups excluding carboxylic acids is 1. The van der Waals surface area contributed by atoms with Gasteiger partial charge in [-0.2, -0.15) is 5.10 Å². The van der Waals surface area contributed by atoms with Crippen LogP contribution in [0.3, 0.4) is 0 Å². The number of aryl methyl sites for hydroxylation is 2. The summed E-state index contributed by atoms with van der Waals surface area (Å²) in [4.78, 5) is 19.9. The predicted molar refractivity (Wildman–Crippen MR) is 92.5 cm³/mol. The summed E-state index contributed by atoms with van der Waals surface area (Å²) in [6, 6.07) is 3.61. The molecule has 0 bridgehead atoms. The SMILES string of the molecule is Cc1ccc(N2CCC3(CN(C(=O)c4ncn(C)n4)CCC3(F)F)C2)nn1. The van der Waals surface area contributed by atoms with Gasteiger partial charge in [-0.1, -0.05) is 0 Å². The highest BCUT2D eigenvalue weighted by Crippen LogP contribution is 2.50. The molecule has 2 fully saturated rings. The van der Waals surface area contributed by atoms with Crippen molar-refractivity contribution in [3.8, 4) is 0 Å². The van der Waals surface area contributed by atoms with Gasteiger partial charge in [0.25, 0.3) is 11.8 Å². The summed E-state index contributed by atoms with van der Waals surface area (Å²) in [5, 5.41) is 12.1. The zero-order chi connectivity index (χ0) is 19.2. The summed E-state index contributed by atoms with van der Waals surface area (Å²) in [5.74, 6) is -2.63. The van der Waals surface area contributed by atoms with E-state index in [-0.39, 0.29) is 38.3 Å². The molecule has 0 aliphatic carbocycles. The quantitative estimate of drug-likeness (QED) is 0.785. The number of alkyl halides is 2. The fourth-order valence-electron chi connectivity index (χ4n) is 3.91. The summed E-state index contributed by atoms with van der Waals surface area (Å²) < 4.78 is 31.3. The molecule has 2 aromatic rings. The molecule has 1 unspecified atom stereocenters.